The van der Waals surface area contributed by atoms with Gasteiger partial charge in [-0.2, -0.15) is 0 Å². The Morgan fingerprint density at radius 3 is 2.65 bits per heavy atom. The summed E-state index contributed by atoms with van der Waals surface area (Å²) in [5.41, 5.74) is -0.324. The third-order valence-electron chi connectivity index (χ3n) is 2.43. The number of aromatic hydroxyl groups is 2. The lowest BCUT2D eigenvalue weighted by atomic mass is 10.2. The molecule has 3 N–H and O–H groups in total. The minimum Gasteiger partial charge on any atom is -0.506 e. The van der Waals surface area contributed by atoms with Crippen molar-refractivity contribution < 1.29 is 19.9 Å². The van der Waals surface area contributed by atoms with Crippen LogP contribution in [0.15, 0.2) is 36.7 Å². The summed E-state index contributed by atoms with van der Waals surface area (Å²) in [6, 6.07) is 4.43. The van der Waals surface area contributed by atoms with Crippen molar-refractivity contribution in [2.75, 3.05) is 5.32 Å². The Hall–Kier alpha value is -3.16. The summed E-state index contributed by atoms with van der Waals surface area (Å²) in [5.74, 6) is -1.16. The molecule has 0 fully saturated rings. The molecule has 0 aliphatic heterocycles. The van der Waals surface area contributed by atoms with Crippen molar-refractivity contribution in [3.8, 4) is 11.5 Å². The maximum absolute atomic E-state index is 11.9. The lowest BCUT2D eigenvalue weighted by molar-refractivity contribution is -0.384. The fraction of sp³-hybridized carbons (Fsp3) is 0. The van der Waals surface area contributed by atoms with E-state index in [-0.39, 0.29) is 28.4 Å². The number of hydrogen-bond donors (Lipinski definition) is 3. The third-order valence-corrected chi connectivity index (χ3v) is 2.43. The van der Waals surface area contributed by atoms with Crippen LogP contribution in [0, 0.1) is 10.1 Å². The molecule has 0 spiro atoms. The van der Waals surface area contributed by atoms with Crippen molar-refractivity contribution in [2.24, 2.45) is 0 Å². The minimum absolute atomic E-state index is 0.0518. The SMILES string of the molecule is O=C(Nc1cc([N+](=O)[O-])ccc1O)c1cncc(O)c1. The van der Waals surface area contributed by atoms with Crippen LogP contribution in [-0.4, -0.2) is 26.0 Å². The Balaban J connectivity index is 2.27. The first kappa shape index (κ1) is 13.3. The number of carbonyl (C=O) groups excluding carboxylic acids is 1. The zero-order valence-electron chi connectivity index (χ0n) is 9.98. The van der Waals surface area contributed by atoms with Gasteiger partial charge in [-0.1, -0.05) is 0 Å². The molecule has 0 atom stereocenters. The number of carbonyl (C=O) groups is 1. The molecule has 102 valence electrons. The number of hydrogen-bond acceptors (Lipinski definition) is 6. The van der Waals surface area contributed by atoms with Crippen molar-refractivity contribution in [2.45, 2.75) is 0 Å². The normalized spacial score (nSPS) is 10.0. The summed E-state index contributed by atoms with van der Waals surface area (Å²) >= 11 is 0. The number of aromatic nitrogens is 1. The molecule has 20 heavy (non-hydrogen) atoms. The molecule has 0 aliphatic rings. The number of nitro groups is 1. The van der Waals surface area contributed by atoms with Crippen molar-refractivity contribution >= 4 is 17.3 Å². The number of amides is 1. The average molecular weight is 275 g/mol. The van der Waals surface area contributed by atoms with E-state index < -0.39 is 10.8 Å². The number of pyridine rings is 1. The van der Waals surface area contributed by atoms with Gasteiger partial charge in [-0.3, -0.25) is 19.9 Å². The van der Waals surface area contributed by atoms with E-state index in [1.165, 1.54) is 12.3 Å². The number of non-ortho nitro benzene ring substituents is 1. The van der Waals surface area contributed by atoms with Crippen LogP contribution in [-0.2, 0) is 0 Å². The fourth-order valence-electron chi connectivity index (χ4n) is 1.48. The molecule has 2 aromatic rings. The van der Waals surface area contributed by atoms with Crippen molar-refractivity contribution in [3.63, 3.8) is 0 Å². The van der Waals surface area contributed by atoms with Crippen LogP contribution < -0.4 is 5.32 Å². The van der Waals surface area contributed by atoms with Gasteiger partial charge in [0.2, 0.25) is 0 Å². The van der Waals surface area contributed by atoms with Gasteiger partial charge in [0.05, 0.1) is 22.4 Å². The molecule has 8 heteroatoms. The molecule has 0 saturated heterocycles. The zero-order chi connectivity index (χ0) is 14.7. The topological polar surface area (TPSA) is 126 Å². The first-order valence-corrected chi connectivity index (χ1v) is 5.40. The van der Waals surface area contributed by atoms with E-state index in [1.54, 1.807) is 0 Å². The Kier molecular flexibility index (Phi) is 3.47. The van der Waals surface area contributed by atoms with Crippen molar-refractivity contribution in [1.82, 2.24) is 4.98 Å². The molecular formula is C12H9N3O5. The lowest BCUT2D eigenvalue weighted by Crippen LogP contribution is -2.12. The van der Waals surface area contributed by atoms with Crippen LogP contribution >= 0.6 is 0 Å². The lowest BCUT2D eigenvalue weighted by Gasteiger charge is -2.07. The molecule has 0 saturated carbocycles. The van der Waals surface area contributed by atoms with Gasteiger partial charge in [-0.15, -0.1) is 0 Å². The second-order valence-electron chi connectivity index (χ2n) is 3.84. The maximum Gasteiger partial charge on any atom is 0.271 e. The molecule has 0 unspecified atom stereocenters. The minimum atomic E-state index is -0.663. The van der Waals surface area contributed by atoms with Crippen LogP contribution in [0.4, 0.5) is 11.4 Å². The summed E-state index contributed by atoms with van der Waals surface area (Å²) in [6.07, 6.45) is 2.37. The number of rotatable bonds is 3. The first-order valence-electron chi connectivity index (χ1n) is 5.40. The monoisotopic (exact) mass is 275 g/mol. The van der Waals surface area contributed by atoms with Gasteiger partial charge >= 0.3 is 0 Å². The fourth-order valence-corrected chi connectivity index (χ4v) is 1.48. The van der Waals surface area contributed by atoms with Crippen LogP contribution in [0.1, 0.15) is 10.4 Å². The van der Waals surface area contributed by atoms with Crippen LogP contribution in [0.25, 0.3) is 0 Å². The van der Waals surface area contributed by atoms with Gasteiger partial charge in [0, 0.05) is 18.3 Å². The Labute approximate surface area is 112 Å². The zero-order valence-corrected chi connectivity index (χ0v) is 9.98. The van der Waals surface area contributed by atoms with Gasteiger partial charge in [0.1, 0.15) is 11.5 Å². The largest absolute Gasteiger partial charge is 0.506 e. The molecule has 0 aliphatic carbocycles. The molecule has 1 heterocycles. The number of nitrogens with zero attached hydrogens (tertiary/aromatic N) is 2. The van der Waals surface area contributed by atoms with Gasteiger partial charge < -0.3 is 15.5 Å². The summed E-state index contributed by atoms with van der Waals surface area (Å²) < 4.78 is 0. The highest BCUT2D eigenvalue weighted by atomic mass is 16.6. The third kappa shape index (κ3) is 2.80. The number of nitro benzene ring substituents is 1. The predicted octanol–water partition coefficient (Wildman–Crippen LogP) is 1.65. The van der Waals surface area contributed by atoms with Gasteiger partial charge in [0.15, 0.2) is 0 Å². The number of nitrogens with one attached hydrogen (secondary N) is 1. The highest BCUT2D eigenvalue weighted by Gasteiger charge is 2.14. The standard InChI is InChI=1S/C12H9N3O5/c16-9-3-7(5-13-6-9)12(18)14-10-4-8(15(19)20)1-2-11(10)17/h1-6,16-17H,(H,14,18). The molecule has 0 bridgehead atoms. The number of anilines is 1. The van der Waals surface area contributed by atoms with E-state index in [4.69, 9.17) is 0 Å². The van der Waals surface area contributed by atoms with Crippen molar-refractivity contribution in [3.05, 3.63) is 52.3 Å². The number of phenols is 1. The Morgan fingerprint density at radius 2 is 2.00 bits per heavy atom. The summed E-state index contributed by atoms with van der Waals surface area (Å²) in [6.45, 7) is 0. The van der Waals surface area contributed by atoms with E-state index in [0.717, 1.165) is 24.4 Å². The quantitative estimate of drug-likeness (QED) is 0.444. The Bertz CT molecular complexity index is 687. The Morgan fingerprint density at radius 1 is 1.25 bits per heavy atom. The van der Waals surface area contributed by atoms with Gasteiger partial charge in [-0.25, -0.2) is 0 Å². The molecule has 0 radical (unpaired) electrons. The smallest absolute Gasteiger partial charge is 0.271 e. The first-order chi connectivity index (χ1) is 9.47. The van der Waals surface area contributed by atoms with Gasteiger partial charge in [-0.05, 0) is 12.1 Å². The number of benzene rings is 1. The molecule has 8 nitrogen and oxygen atoms in total. The van der Waals surface area contributed by atoms with Crippen molar-refractivity contribution in [1.29, 1.82) is 0 Å². The average Bonchev–Trinajstić information content (AvgIpc) is 2.41. The van der Waals surface area contributed by atoms with Gasteiger partial charge in [0.25, 0.3) is 11.6 Å². The molecule has 1 amide bonds. The summed E-state index contributed by atoms with van der Waals surface area (Å²) in [7, 11) is 0. The van der Waals surface area contributed by atoms with E-state index in [0.29, 0.717) is 0 Å². The molecule has 1 aromatic carbocycles. The van der Waals surface area contributed by atoms with E-state index in [1.807, 2.05) is 0 Å². The second-order valence-corrected chi connectivity index (χ2v) is 3.84. The highest BCUT2D eigenvalue weighted by Crippen LogP contribution is 2.28. The molecule has 2 rings (SSSR count). The predicted molar refractivity (Wildman–Crippen MR) is 68.6 cm³/mol. The second kappa shape index (κ2) is 5.22. The van der Waals surface area contributed by atoms with Crippen LogP contribution in [0.5, 0.6) is 11.5 Å². The van der Waals surface area contributed by atoms with Crippen LogP contribution in [0.3, 0.4) is 0 Å². The summed E-state index contributed by atoms with van der Waals surface area (Å²) in [5, 5.41) is 31.7. The maximum atomic E-state index is 11.9. The van der Waals surface area contributed by atoms with E-state index in [2.05, 4.69) is 10.3 Å². The van der Waals surface area contributed by atoms with Crippen LogP contribution in [0.2, 0.25) is 0 Å². The number of phenolic OH excluding ortho intramolecular Hbond substituents is 1. The summed E-state index contributed by atoms with van der Waals surface area (Å²) in [4.78, 5) is 25.5. The highest BCUT2D eigenvalue weighted by molar-refractivity contribution is 6.05. The molecular weight excluding hydrogens is 266 g/mol. The molecule has 1 aromatic heterocycles. The van der Waals surface area contributed by atoms with E-state index >= 15 is 0 Å². The van der Waals surface area contributed by atoms with E-state index in [9.17, 15) is 25.1 Å².